The van der Waals surface area contributed by atoms with Gasteiger partial charge in [0.15, 0.2) is 17.5 Å². The smallest absolute Gasteiger partial charge is 0.200 e. The highest BCUT2D eigenvalue weighted by atomic mass is 16.5. The number of hydrogen-bond acceptors (Lipinski definition) is 4. The molecule has 6 heteroatoms. The highest BCUT2D eigenvalue weighted by Crippen LogP contribution is 2.37. The number of phenolic OH excluding ortho intramolecular Hbond substituents is 1. The summed E-state index contributed by atoms with van der Waals surface area (Å²) in [5.74, 6) is 1.12. The van der Waals surface area contributed by atoms with E-state index in [1.54, 1.807) is 12.1 Å². The summed E-state index contributed by atoms with van der Waals surface area (Å²) in [6, 6.07) is 3.44. The molecule has 0 atom stereocenters. The Labute approximate surface area is 132 Å². The van der Waals surface area contributed by atoms with Gasteiger partial charge < -0.3 is 25.6 Å². The average Bonchev–Trinajstić information content (AvgIpc) is 2.53. The maximum Gasteiger partial charge on any atom is 0.200 e. The number of guanidine groups is 1. The number of nitrogens with two attached hydrogens (primary N) is 1. The van der Waals surface area contributed by atoms with Crippen LogP contribution in [0.2, 0.25) is 0 Å². The standard InChI is InChI=1S/C16H27N3O3/c1-4-5-6-7-8-18-16(17)19-11-12-9-13(21-2)15(20)14(10-12)22-3/h9-10,20H,4-8,11H2,1-3H3,(H3,17,18,19). The summed E-state index contributed by atoms with van der Waals surface area (Å²) in [6.45, 7) is 3.40. The highest BCUT2D eigenvalue weighted by molar-refractivity contribution is 5.77. The number of benzene rings is 1. The molecule has 0 aromatic heterocycles. The molecule has 1 aromatic carbocycles. The maximum absolute atomic E-state index is 9.85. The largest absolute Gasteiger partial charge is 0.502 e. The lowest BCUT2D eigenvalue weighted by Gasteiger charge is -2.10. The van der Waals surface area contributed by atoms with Gasteiger partial charge in [0, 0.05) is 6.54 Å². The number of aromatic hydroxyl groups is 1. The van der Waals surface area contributed by atoms with E-state index in [9.17, 15) is 5.11 Å². The number of nitrogens with zero attached hydrogens (tertiary/aromatic N) is 1. The number of nitrogens with one attached hydrogen (secondary N) is 1. The summed E-state index contributed by atoms with van der Waals surface area (Å²) in [5.41, 5.74) is 6.68. The molecule has 0 saturated heterocycles. The molecule has 0 radical (unpaired) electrons. The fourth-order valence-corrected chi connectivity index (χ4v) is 2.04. The van der Waals surface area contributed by atoms with Crippen LogP contribution in [0.3, 0.4) is 0 Å². The summed E-state index contributed by atoms with van der Waals surface area (Å²) in [6.07, 6.45) is 4.74. The van der Waals surface area contributed by atoms with Crippen LogP contribution in [0.1, 0.15) is 38.2 Å². The average molecular weight is 309 g/mol. The predicted molar refractivity (Wildman–Crippen MR) is 88.7 cm³/mol. The third-order valence-corrected chi connectivity index (χ3v) is 3.31. The summed E-state index contributed by atoms with van der Waals surface area (Å²) in [7, 11) is 2.99. The van der Waals surface area contributed by atoms with Crippen LogP contribution >= 0.6 is 0 Å². The lowest BCUT2D eigenvalue weighted by molar-refractivity contribution is 0.339. The van der Waals surface area contributed by atoms with E-state index in [-0.39, 0.29) is 5.75 Å². The summed E-state index contributed by atoms with van der Waals surface area (Å²) < 4.78 is 10.2. The number of hydrogen-bond donors (Lipinski definition) is 3. The molecule has 0 fully saturated rings. The Bertz CT molecular complexity index is 465. The van der Waals surface area contributed by atoms with Crippen LogP contribution in [0.4, 0.5) is 0 Å². The molecule has 4 N–H and O–H groups in total. The van der Waals surface area contributed by atoms with Gasteiger partial charge in [0.1, 0.15) is 0 Å². The minimum atomic E-state index is -0.0141. The zero-order valence-electron chi connectivity index (χ0n) is 13.7. The molecule has 1 rings (SSSR count). The van der Waals surface area contributed by atoms with E-state index in [2.05, 4.69) is 17.2 Å². The van der Waals surface area contributed by atoms with Gasteiger partial charge in [-0.2, -0.15) is 0 Å². The van der Waals surface area contributed by atoms with Crippen molar-refractivity contribution >= 4 is 5.96 Å². The zero-order valence-corrected chi connectivity index (χ0v) is 13.7. The Hall–Kier alpha value is -2.11. The van der Waals surface area contributed by atoms with Gasteiger partial charge >= 0.3 is 0 Å². The molecule has 0 amide bonds. The van der Waals surface area contributed by atoms with Crippen LogP contribution < -0.4 is 20.5 Å². The lowest BCUT2D eigenvalue weighted by atomic mass is 10.2. The van der Waals surface area contributed by atoms with Crippen molar-refractivity contribution in [2.75, 3.05) is 20.8 Å². The number of ether oxygens (including phenoxy) is 2. The van der Waals surface area contributed by atoms with Crippen molar-refractivity contribution in [2.45, 2.75) is 39.2 Å². The van der Waals surface area contributed by atoms with Gasteiger partial charge in [-0.1, -0.05) is 26.2 Å². The van der Waals surface area contributed by atoms with Gasteiger partial charge in [-0.3, -0.25) is 0 Å². The van der Waals surface area contributed by atoms with E-state index in [1.165, 1.54) is 33.5 Å². The summed E-state index contributed by atoms with van der Waals surface area (Å²) >= 11 is 0. The lowest BCUT2D eigenvalue weighted by Crippen LogP contribution is -2.32. The van der Waals surface area contributed by atoms with E-state index in [4.69, 9.17) is 15.2 Å². The molecule has 124 valence electrons. The molecule has 0 aliphatic heterocycles. The Morgan fingerprint density at radius 3 is 2.36 bits per heavy atom. The van der Waals surface area contributed by atoms with Crippen LogP contribution in [0.15, 0.2) is 17.1 Å². The fourth-order valence-electron chi connectivity index (χ4n) is 2.04. The Kier molecular flexibility index (Phi) is 7.96. The van der Waals surface area contributed by atoms with Crippen molar-refractivity contribution in [3.63, 3.8) is 0 Å². The minimum absolute atomic E-state index is 0.0141. The van der Waals surface area contributed by atoms with Crippen LogP contribution in [0.5, 0.6) is 17.2 Å². The first kappa shape index (κ1) is 17.9. The topological polar surface area (TPSA) is 89.1 Å². The monoisotopic (exact) mass is 309 g/mol. The van der Waals surface area contributed by atoms with E-state index in [1.807, 2.05) is 0 Å². The second-order valence-corrected chi connectivity index (χ2v) is 5.04. The molecular weight excluding hydrogens is 282 g/mol. The van der Waals surface area contributed by atoms with E-state index in [0.29, 0.717) is 24.0 Å². The predicted octanol–water partition coefficient (Wildman–Crippen LogP) is 2.39. The number of aliphatic imine (C=N–C) groups is 1. The first-order valence-electron chi connectivity index (χ1n) is 7.60. The number of phenols is 1. The van der Waals surface area contributed by atoms with Crippen molar-refractivity contribution < 1.29 is 14.6 Å². The molecule has 0 unspecified atom stereocenters. The first-order chi connectivity index (χ1) is 10.6. The van der Waals surface area contributed by atoms with Gasteiger partial charge in [0.05, 0.1) is 20.8 Å². The Balaban J connectivity index is 2.57. The molecule has 1 aromatic rings. The van der Waals surface area contributed by atoms with Crippen molar-refractivity contribution in [1.82, 2.24) is 5.32 Å². The van der Waals surface area contributed by atoms with E-state index in [0.717, 1.165) is 18.5 Å². The van der Waals surface area contributed by atoms with Crippen molar-refractivity contribution in [3.05, 3.63) is 17.7 Å². The number of unbranched alkanes of at least 4 members (excludes halogenated alkanes) is 3. The normalized spacial score (nSPS) is 11.3. The van der Waals surface area contributed by atoms with Gasteiger partial charge in [-0.15, -0.1) is 0 Å². The third-order valence-electron chi connectivity index (χ3n) is 3.31. The van der Waals surface area contributed by atoms with E-state index < -0.39 is 0 Å². The highest BCUT2D eigenvalue weighted by Gasteiger charge is 2.10. The number of rotatable bonds is 9. The zero-order chi connectivity index (χ0) is 16.4. The van der Waals surface area contributed by atoms with Crippen molar-refractivity contribution in [3.8, 4) is 17.2 Å². The molecule has 0 saturated carbocycles. The van der Waals surface area contributed by atoms with E-state index >= 15 is 0 Å². The first-order valence-corrected chi connectivity index (χ1v) is 7.60. The van der Waals surface area contributed by atoms with Crippen LogP contribution in [0.25, 0.3) is 0 Å². The fraction of sp³-hybridized carbons (Fsp3) is 0.562. The summed E-state index contributed by atoms with van der Waals surface area (Å²) in [5, 5.41) is 13.0. The summed E-state index contributed by atoms with van der Waals surface area (Å²) in [4.78, 5) is 4.28. The Morgan fingerprint density at radius 1 is 1.18 bits per heavy atom. The molecule has 0 aliphatic carbocycles. The van der Waals surface area contributed by atoms with Crippen LogP contribution in [-0.2, 0) is 6.54 Å². The quantitative estimate of drug-likeness (QED) is 0.370. The van der Waals surface area contributed by atoms with Gasteiger partial charge in [-0.25, -0.2) is 4.99 Å². The molecule has 6 nitrogen and oxygen atoms in total. The van der Waals surface area contributed by atoms with Gasteiger partial charge in [0.25, 0.3) is 0 Å². The SMILES string of the molecule is CCCCCCNC(N)=NCc1cc(OC)c(O)c(OC)c1. The second-order valence-electron chi connectivity index (χ2n) is 5.04. The molecule has 0 heterocycles. The second kappa shape index (κ2) is 9.76. The molecule has 0 bridgehead atoms. The molecule has 0 spiro atoms. The molecular formula is C16H27N3O3. The van der Waals surface area contributed by atoms with Crippen molar-refractivity contribution in [2.24, 2.45) is 10.7 Å². The number of methoxy groups -OCH3 is 2. The van der Waals surface area contributed by atoms with Crippen LogP contribution in [0, 0.1) is 0 Å². The van der Waals surface area contributed by atoms with Gasteiger partial charge in [0.2, 0.25) is 5.75 Å². The molecule has 0 aliphatic rings. The van der Waals surface area contributed by atoms with Crippen LogP contribution in [-0.4, -0.2) is 31.8 Å². The Morgan fingerprint density at radius 2 is 1.82 bits per heavy atom. The van der Waals surface area contributed by atoms with Crippen molar-refractivity contribution in [1.29, 1.82) is 0 Å². The third kappa shape index (κ3) is 5.71. The molecule has 22 heavy (non-hydrogen) atoms. The van der Waals surface area contributed by atoms with Gasteiger partial charge in [-0.05, 0) is 24.1 Å². The minimum Gasteiger partial charge on any atom is -0.502 e. The maximum atomic E-state index is 9.85.